The summed E-state index contributed by atoms with van der Waals surface area (Å²) in [5, 5.41) is 3.33. The number of piperazine rings is 1. The molecule has 1 aliphatic heterocycles. The van der Waals surface area contributed by atoms with E-state index in [-0.39, 0.29) is 5.91 Å². The first-order valence-electron chi connectivity index (χ1n) is 9.87. The predicted octanol–water partition coefficient (Wildman–Crippen LogP) is 3.86. The molecule has 4 rings (SSSR count). The molecule has 1 amide bonds. The molecule has 29 heavy (non-hydrogen) atoms. The van der Waals surface area contributed by atoms with E-state index in [4.69, 9.17) is 9.97 Å². The van der Waals surface area contributed by atoms with Gasteiger partial charge >= 0.3 is 0 Å². The van der Waals surface area contributed by atoms with E-state index in [0.29, 0.717) is 19.0 Å². The summed E-state index contributed by atoms with van der Waals surface area (Å²) in [5.74, 6) is 1.56. The Morgan fingerprint density at radius 3 is 2.28 bits per heavy atom. The lowest BCUT2D eigenvalue weighted by Gasteiger charge is -2.35. The van der Waals surface area contributed by atoms with Crippen molar-refractivity contribution in [1.82, 2.24) is 14.9 Å². The van der Waals surface area contributed by atoms with Crippen molar-refractivity contribution in [2.45, 2.75) is 13.8 Å². The summed E-state index contributed by atoms with van der Waals surface area (Å²) in [6.45, 7) is 6.62. The number of amides is 1. The maximum Gasteiger partial charge on any atom is 0.229 e. The number of rotatable bonds is 4. The number of nitrogens with one attached hydrogen (secondary N) is 1. The molecule has 1 aromatic heterocycles. The van der Waals surface area contributed by atoms with Crippen LogP contribution < -0.4 is 10.2 Å². The minimum atomic E-state index is 0.124. The molecule has 6 heteroatoms. The normalized spacial score (nSPS) is 14.0. The molecule has 2 heterocycles. The average Bonchev–Trinajstić information content (AvgIpc) is 2.76. The zero-order valence-electron chi connectivity index (χ0n) is 16.8. The lowest BCUT2D eigenvalue weighted by atomic mass is 10.1. The molecule has 0 bridgehead atoms. The van der Waals surface area contributed by atoms with Crippen LogP contribution in [0.2, 0.25) is 0 Å². The minimum Gasteiger partial charge on any atom is -0.353 e. The third-order valence-corrected chi connectivity index (χ3v) is 5.14. The van der Waals surface area contributed by atoms with Gasteiger partial charge in [0.05, 0.1) is 5.69 Å². The summed E-state index contributed by atoms with van der Waals surface area (Å²) in [7, 11) is 0. The third-order valence-electron chi connectivity index (χ3n) is 5.14. The molecule has 0 radical (unpaired) electrons. The molecule has 1 aliphatic rings. The van der Waals surface area contributed by atoms with Crippen molar-refractivity contribution < 1.29 is 4.79 Å². The quantitative estimate of drug-likeness (QED) is 0.736. The Hall–Kier alpha value is -3.41. The number of anilines is 3. The van der Waals surface area contributed by atoms with Gasteiger partial charge in [-0.05, 0) is 19.1 Å². The Balaban J connectivity index is 1.65. The van der Waals surface area contributed by atoms with Gasteiger partial charge in [-0.1, -0.05) is 48.0 Å². The van der Waals surface area contributed by atoms with Crippen LogP contribution in [0.4, 0.5) is 17.5 Å². The molecule has 0 atom stereocenters. The minimum absolute atomic E-state index is 0.124. The molecule has 6 nitrogen and oxygen atoms in total. The molecule has 3 aromatic rings. The van der Waals surface area contributed by atoms with E-state index in [2.05, 4.69) is 41.4 Å². The molecule has 0 saturated carbocycles. The summed E-state index contributed by atoms with van der Waals surface area (Å²) in [4.78, 5) is 25.2. The van der Waals surface area contributed by atoms with Crippen LogP contribution in [0.3, 0.4) is 0 Å². The lowest BCUT2D eigenvalue weighted by molar-refractivity contribution is -0.129. The van der Waals surface area contributed by atoms with E-state index in [0.717, 1.165) is 35.9 Å². The smallest absolute Gasteiger partial charge is 0.229 e. The fraction of sp³-hybridized carbons (Fsp3) is 0.261. The highest BCUT2D eigenvalue weighted by atomic mass is 16.2. The van der Waals surface area contributed by atoms with Crippen LogP contribution in [0.25, 0.3) is 11.3 Å². The van der Waals surface area contributed by atoms with Crippen LogP contribution >= 0.6 is 0 Å². The highest BCUT2D eigenvalue weighted by Crippen LogP contribution is 2.25. The molecule has 0 spiro atoms. The van der Waals surface area contributed by atoms with Crippen molar-refractivity contribution in [3.63, 3.8) is 0 Å². The maximum atomic E-state index is 11.6. The first-order valence-corrected chi connectivity index (χ1v) is 9.87. The molecule has 1 N–H and O–H groups in total. The van der Waals surface area contributed by atoms with Gasteiger partial charge in [0.15, 0.2) is 0 Å². The number of benzene rings is 2. The molecule has 1 fully saturated rings. The number of hydrogen-bond donors (Lipinski definition) is 1. The van der Waals surface area contributed by atoms with E-state index in [1.165, 1.54) is 5.56 Å². The number of hydrogen-bond acceptors (Lipinski definition) is 5. The highest BCUT2D eigenvalue weighted by molar-refractivity contribution is 5.73. The van der Waals surface area contributed by atoms with Crippen molar-refractivity contribution in [3.05, 3.63) is 66.2 Å². The number of aromatic nitrogens is 2. The van der Waals surface area contributed by atoms with Gasteiger partial charge in [-0.3, -0.25) is 4.79 Å². The fourth-order valence-electron chi connectivity index (χ4n) is 3.43. The Kier molecular flexibility index (Phi) is 5.42. The first-order chi connectivity index (χ1) is 14.1. The van der Waals surface area contributed by atoms with Crippen LogP contribution in [-0.2, 0) is 4.79 Å². The van der Waals surface area contributed by atoms with E-state index in [1.54, 1.807) is 6.92 Å². The largest absolute Gasteiger partial charge is 0.353 e. The summed E-state index contributed by atoms with van der Waals surface area (Å²) in [6.07, 6.45) is 0. The molecular formula is C23H25N5O. The molecule has 1 saturated heterocycles. The Labute approximate surface area is 171 Å². The first kappa shape index (κ1) is 18.9. The number of nitrogens with zero attached hydrogens (tertiary/aromatic N) is 4. The van der Waals surface area contributed by atoms with Crippen molar-refractivity contribution in [2.24, 2.45) is 0 Å². The Morgan fingerprint density at radius 2 is 1.62 bits per heavy atom. The SMILES string of the molecule is CC(=O)N1CCN(c2cc(-c3ccccc3)nc(Nc3ccc(C)cc3)n2)CC1. The summed E-state index contributed by atoms with van der Waals surface area (Å²) >= 11 is 0. The van der Waals surface area contributed by atoms with Crippen LogP contribution in [0, 0.1) is 6.92 Å². The van der Waals surface area contributed by atoms with E-state index in [1.807, 2.05) is 41.3 Å². The topological polar surface area (TPSA) is 61.4 Å². The Bertz CT molecular complexity index is 980. The zero-order valence-corrected chi connectivity index (χ0v) is 16.8. The van der Waals surface area contributed by atoms with E-state index >= 15 is 0 Å². The molecule has 0 aliphatic carbocycles. The molecule has 148 valence electrons. The standard InChI is InChI=1S/C23H25N5O/c1-17-8-10-20(11-9-17)24-23-25-21(19-6-4-3-5-7-19)16-22(26-23)28-14-12-27(13-15-28)18(2)29/h3-11,16H,12-15H2,1-2H3,(H,24,25,26). The Morgan fingerprint density at radius 1 is 0.931 bits per heavy atom. The predicted molar refractivity (Wildman–Crippen MR) is 116 cm³/mol. The van der Waals surface area contributed by atoms with Gasteiger partial charge in [-0.15, -0.1) is 0 Å². The number of carbonyl (C=O) groups excluding carboxylic acids is 1. The summed E-state index contributed by atoms with van der Waals surface area (Å²) < 4.78 is 0. The number of carbonyl (C=O) groups is 1. The third kappa shape index (κ3) is 4.54. The molecular weight excluding hydrogens is 362 g/mol. The molecule has 2 aromatic carbocycles. The van der Waals surface area contributed by atoms with Gasteiger partial charge < -0.3 is 15.1 Å². The summed E-state index contributed by atoms with van der Waals surface area (Å²) in [5.41, 5.74) is 4.08. The van der Waals surface area contributed by atoms with Gasteiger partial charge in [0.25, 0.3) is 0 Å². The van der Waals surface area contributed by atoms with Crippen molar-refractivity contribution in [3.8, 4) is 11.3 Å². The van der Waals surface area contributed by atoms with Crippen molar-refractivity contribution in [2.75, 3.05) is 36.4 Å². The lowest BCUT2D eigenvalue weighted by Crippen LogP contribution is -2.48. The van der Waals surface area contributed by atoms with Crippen LogP contribution in [0.5, 0.6) is 0 Å². The van der Waals surface area contributed by atoms with E-state index in [9.17, 15) is 4.79 Å². The second kappa shape index (κ2) is 8.31. The van der Waals surface area contributed by atoms with Crippen LogP contribution in [-0.4, -0.2) is 47.0 Å². The van der Waals surface area contributed by atoms with Crippen molar-refractivity contribution in [1.29, 1.82) is 0 Å². The van der Waals surface area contributed by atoms with Gasteiger partial charge in [0, 0.05) is 50.4 Å². The van der Waals surface area contributed by atoms with Crippen molar-refractivity contribution >= 4 is 23.4 Å². The highest BCUT2D eigenvalue weighted by Gasteiger charge is 2.21. The fourth-order valence-corrected chi connectivity index (χ4v) is 3.43. The second-order valence-electron chi connectivity index (χ2n) is 7.29. The van der Waals surface area contributed by atoms with Gasteiger partial charge in [-0.2, -0.15) is 4.98 Å². The summed E-state index contributed by atoms with van der Waals surface area (Å²) in [6, 6.07) is 20.3. The van der Waals surface area contributed by atoms with Gasteiger partial charge in [0.2, 0.25) is 11.9 Å². The molecule has 0 unspecified atom stereocenters. The monoisotopic (exact) mass is 387 g/mol. The zero-order chi connectivity index (χ0) is 20.2. The maximum absolute atomic E-state index is 11.6. The van der Waals surface area contributed by atoms with Gasteiger partial charge in [0.1, 0.15) is 5.82 Å². The average molecular weight is 387 g/mol. The second-order valence-corrected chi connectivity index (χ2v) is 7.29. The van der Waals surface area contributed by atoms with Crippen LogP contribution in [0.15, 0.2) is 60.7 Å². The van der Waals surface area contributed by atoms with Crippen LogP contribution in [0.1, 0.15) is 12.5 Å². The van der Waals surface area contributed by atoms with E-state index < -0.39 is 0 Å². The van der Waals surface area contributed by atoms with Gasteiger partial charge in [-0.25, -0.2) is 4.98 Å². The number of aryl methyl sites for hydroxylation is 1.